The molecule has 1 aromatic heterocycles. The van der Waals surface area contributed by atoms with Crippen LogP contribution in [-0.2, 0) is 22.7 Å². The number of pyridine rings is 1. The van der Waals surface area contributed by atoms with Crippen molar-refractivity contribution in [2.75, 3.05) is 0 Å². The summed E-state index contributed by atoms with van der Waals surface area (Å²) in [5, 5.41) is 6.38. The molecule has 0 saturated heterocycles. The predicted molar refractivity (Wildman–Crippen MR) is 109 cm³/mol. The zero-order valence-electron chi connectivity index (χ0n) is 15.6. The first-order valence-electron chi connectivity index (χ1n) is 8.98. The van der Waals surface area contributed by atoms with E-state index in [0.717, 1.165) is 11.1 Å². The van der Waals surface area contributed by atoms with Crippen LogP contribution in [0.25, 0.3) is 0 Å². The van der Waals surface area contributed by atoms with Gasteiger partial charge in [0, 0.05) is 24.5 Å². The second-order valence-corrected chi connectivity index (χ2v) is 6.05. The van der Waals surface area contributed by atoms with E-state index in [1.807, 2.05) is 48.5 Å². The standard InChI is InChI=1S/C22H20N4O3/c27-21(24-14-17-10-12-23-13-11-17)22(28)26-25-15-19-8-4-5-9-20(19)29-16-18-6-2-1-3-7-18/h1-13,15H,14,16H2,(H,24,27)(H,26,28). The molecule has 0 fully saturated rings. The summed E-state index contributed by atoms with van der Waals surface area (Å²) in [6.07, 6.45) is 4.67. The zero-order valence-corrected chi connectivity index (χ0v) is 15.6. The number of benzene rings is 2. The molecule has 3 aromatic rings. The lowest BCUT2D eigenvalue weighted by molar-refractivity contribution is -0.139. The molecule has 0 unspecified atom stereocenters. The van der Waals surface area contributed by atoms with Gasteiger partial charge >= 0.3 is 11.8 Å². The van der Waals surface area contributed by atoms with Crippen molar-refractivity contribution in [3.05, 3.63) is 95.8 Å². The Bertz CT molecular complexity index is 976. The first-order valence-corrected chi connectivity index (χ1v) is 8.98. The molecule has 7 nitrogen and oxygen atoms in total. The van der Waals surface area contributed by atoms with Crippen molar-refractivity contribution in [2.24, 2.45) is 5.10 Å². The van der Waals surface area contributed by atoms with Gasteiger partial charge < -0.3 is 10.1 Å². The molecule has 0 radical (unpaired) electrons. The number of amides is 2. The lowest BCUT2D eigenvalue weighted by Crippen LogP contribution is -2.37. The van der Waals surface area contributed by atoms with E-state index in [1.165, 1.54) is 6.21 Å². The fourth-order valence-electron chi connectivity index (χ4n) is 2.43. The number of aromatic nitrogens is 1. The van der Waals surface area contributed by atoms with Crippen molar-refractivity contribution < 1.29 is 14.3 Å². The Labute approximate surface area is 168 Å². The Hall–Kier alpha value is -4.00. The third-order valence-corrected chi connectivity index (χ3v) is 3.93. The van der Waals surface area contributed by atoms with Crippen LogP contribution in [0.4, 0.5) is 0 Å². The Balaban J connectivity index is 1.51. The minimum absolute atomic E-state index is 0.231. The number of para-hydroxylation sites is 1. The van der Waals surface area contributed by atoms with E-state index in [0.29, 0.717) is 17.9 Å². The molecule has 0 spiro atoms. The third kappa shape index (κ3) is 6.28. The van der Waals surface area contributed by atoms with Gasteiger partial charge in [0.15, 0.2) is 0 Å². The summed E-state index contributed by atoms with van der Waals surface area (Å²) in [6, 6.07) is 20.6. The SMILES string of the molecule is O=C(NCc1ccncc1)C(=O)NN=Cc1ccccc1OCc1ccccc1. The number of hydrogen-bond donors (Lipinski definition) is 2. The maximum Gasteiger partial charge on any atom is 0.329 e. The lowest BCUT2D eigenvalue weighted by Gasteiger charge is -2.09. The van der Waals surface area contributed by atoms with Gasteiger partial charge in [-0.3, -0.25) is 14.6 Å². The summed E-state index contributed by atoms with van der Waals surface area (Å²) in [5.41, 5.74) is 4.78. The fourth-order valence-corrected chi connectivity index (χ4v) is 2.43. The summed E-state index contributed by atoms with van der Waals surface area (Å²) < 4.78 is 5.83. The summed E-state index contributed by atoms with van der Waals surface area (Å²) in [5.74, 6) is -0.998. The van der Waals surface area contributed by atoms with Gasteiger partial charge in [-0.05, 0) is 35.4 Å². The molecule has 146 valence electrons. The molecule has 2 aromatic carbocycles. The molecule has 2 amide bonds. The predicted octanol–water partition coefficient (Wildman–Crippen LogP) is 2.43. The lowest BCUT2D eigenvalue weighted by atomic mass is 10.2. The van der Waals surface area contributed by atoms with Gasteiger partial charge in [-0.25, -0.2) is 5.43 Å². The minimum atomic E-state index is -0.849. The molecule has 3 rings (SSSR count). The van der Waals surface area contributed by atoms with Gasteiger partial charge in [0.25, 0.3) is 0 Å². The Morgan fingerprint density at radius 3 is 2.41 bits per heavy atom. The minimum Gasteiger partial charge on any atom is -0.488 e. The molecule has 2 N–H and O–H groups in total. The van der Waals surface area contributed by atoms with Crippen molar-refractivity contribution in [1.29, 1.82) is 0 Å². The summed E-state index contributed by atoms with van der Waals surface area (Å²) in [7, 11) is 0. The molecule has 29 heavy (non-hydrogen) atoms. The average molecular weight is 388 g/mol. The van der Waals surface area contributed by atoms with Crippen LogP contribution >= 0.6 is 0 Å². The summed E-state index contributed by atoms with van der Waals surface area (Å²) >= 11 is 0. The van der Waals surface area contributed by atoms with Crippen LogP contribution in [-0.4, -0.2) is 23.0 Å². The zero-order chi connectivity index (χ0) is 20.3. The molecule has 0 atom stereocenters. The van der Waals surface area contributed by atoms with E-state index in [9.17, 15) is 9.59 Å². The Morgan fingerprint density at radius 2 is 1.62 bits per heavy atom. The van der Waals surface area contributed by atoms with Gasteiger partial charge in [0.05, 0.1) is 6.21 Å². The van der Waals surface area contributed by atoms with E-state index in [4.69, 9.17) is 4.74 Å². The van der Waals surface area contributed by atoms with Crippen LogP contribution in [0.2, 0.25) is 0 Å². The molecule has 7 heteroatoms. The van der Waals surface area contributed by atoms with Crippen molar-refractivity contribution in [1.82, 2.24) is 15.7 Å². The highest BCUT2D eigenvalue weighted by Crippen LogP contribution is 2.17. The van der Waals surface area contributed by atoms with E-state index in [2.05, 4.69) is 20.8 Å². The van der Waals surface area contributed by atoms with E-state index < -0.39 is 11.8 Å². The molecular formula is C22H20N4O3. The average Bonchev–Trinajstić information content (AvgIpc) is 2.78. The van der Waals surface area contributed by atoms with Crippen molar-refractivity contribution in [2.45, 2.75) is 13.2 Å². The maximum atomic E-state index is 11.9. The largest absolute Gasteiger partial charge is 0.488 e. The van der Waals surface area contributed by atoms with Crippen LogP contribution in [0.15, 0.2) is 84.2 Å². The van der Waals surface area contributed by atoms with Gasteiger partial charge in [0.2, 0.25) is 0 Å². The highest BCUT2D eigenvalue weighted by atomic mass is 16.5. The van der Waals surface area contributed by atoms with Crippen molar-refractivity contribution in [3.63, 3.8) is 0 Å². The summed E-state index contributed by atoms with van der Waals surface area (Å²) in [6.45, 7) is 0.643. The summed E-state index contributed by atoms with van der Waals surface area (Å²) in [4.78, 5) is 27.6. The molecule has 1 heterocycles. The number of carbonyl (C=O) groups is 2. The van der Waals surface area contributed by atoms with Gasteiger partial charge in [0.1, 0.15) is 12.4 Å². The topological polar surface area (TPSA) is 92.7 Å². The Morgan fingerprint density at radius 1 is 0.897 bits per heavy atom. The number of hydrazone groups is 1. The van der Waals surface area contributed by atoms with Crippen molar-refractivity contribution in [3.8, 4) is 5.75 Å². The number of nitrogens with zero attached hydrogens (tertiary/aromatic N) is 2. The fraction of sp³-hybridized carbons (Fsp3) is 0.0909. The molecular weight excluding hydrogens is 368 g/mol. The molecule has 0 saturated carbocycles. The second-order valence-electron chi connectivity index (χ2n) is 6.05. The van der Waals surface area contributed by atoms with Gasteiger partial charge in [-0.1, -0.05) is 42.5 Å². The van der Waals surface area contributed by atoms with Crippen LogP contribution in [0.5, 0.6) is 5.75 Å². The molecule has 0 bridgehead atoms. The van der Waals surface area contributed by atoms with Crippen LogP contribution in [0.1, 0.15) is 16.7 Å². The highest BCUT2D eigenvalue weighted by Gasteiger charge is 2.12. The highest BCUT2D eigenvalue weighted by molar-refractivity contribution is 6.35. The first kappa shape index (κ1) is 19.8. The van der Waals surface area contributed by atoms with Gasteiger partial charge in [-0.2, -0.15) is 5.10 Å². The molecule has 0 aliphatic carbocycles. The normalized spacial score (nSPS) is 10.5. The second kappa shape index (κ2) is 10.4. The number of hydrogen-bond acceptors (Lipinski definition) is 5. The Kier molecular flexibility index (Phi) is 7.06. The molecule has 0 aliphatic rings. The number of carbonyl (C=O) groups excluding carboxylic acids is 2. The van der Waals surface area contributed by atoms with Gasteiger partial charge in [-0.15, -0.1) is 0 Å². The smallest absolute Gasteiger partial charge is 0.329 e. The van der Waals surface area contributed by atoms with E-state index in [1.54, 1.807) is 30.6 Å². The monoisotopic (exact) mass is 388 g/mol. The molecule has 0 aliphatic heterocycles. The number of ether oxygens (including phenoxy) is 1. The number of rotatable bonds is 7. The quantitative estimate of drug-likeness (QED) is 0.369. The van der Waals surface area contributed by atoms with Crippen LogP contribution in [0.3, 0.4) is 0 Å². The third-order valence-electron chi connectivity index (χ3n) is 3.93. The maximum absolute atomic E-state index is 11.9. The first-order chi connectivity index (χ1) is 14.2. The van der Waals surface area contributed by atoms with E-state index >= 15 is 0 Å². The van der Waals surface area contributed by atoms with Crippen molar-refractivity contribution >= 4 is 18.0 Å². The number of nitrogens with one attached hydrogen (secondary N) is 2. The van der Waals surface area contributed by atoms with Crippen LogP contribution < -0.4 is 15.5 Å². The van der Waals surface area contributed by atoms with E-state index in [-0.39, 0.29) is 6.54 Å². The van der Waals surface area contributed by atoms with Crippen LogP contribution in [0, 0.1) is 0 Å².